The van der Waals surface area contributed by atoms with E-state index in [-0.39, 0.29) is 6.61 Å². The Labute approximate surface area is 75.7 Å². The van der Waals surface area contributed by atoms with Crippen molar-refractivity contribution < 1.29 is 14.3 Å². The molecule has 1 heterocycles. The Hall–Kier alpha value is -1.78. The molecule has 0 bridgehead atoms. The van der Waals surface area contributed by atoms with Crippen molar-refractivity contribution in [1.82, 2.24) is 5.43 Å². The number of allylic oxidation sites excluding steroid dienone is 3. The summed E-state index contributed by atoms with van der Waals surface area (Å²) in [6.07, 6.45) is 5.53. The van der Waals surface area contributed by atoms with E-state index in [1.165, 1.54) is 6.21 Å². The lowest BCUT2D eigenvalue weighted by Gasteiger charge is -2.02. The van der Waals surface area contributed by atoms with Crippen molar-refractivity contribution in [2.45, 2.75) is 6.92 Å². The van der Waals surface area contributed by atoms with Crippen molar-refractivity contribution in [3.63, 3.8) is 0 Å². The van der Waals surface area contributed by atoms with E-state index < -0.39 is 6.16 Å². The molecule has 5 nitrogen and oxygen atoms in total. The molecule has 0 saturated carbocycles. The average Bonchev–Trinajstić information content (AvgIpc) is 2.33. The Kier molecular flexibility index (Phi) is 3.56. The standard InChI is InChI=1S/C8H10N2O3/c1-2-12-8(11)13-7-4-3-5-9-10-6-7/h3-6,9H,2H2,1H3. The maximum atomic E-state index is 10.8. The van der Waals surface area contributed by atoms with E-state index >= 15 is 0 Å². The molecular formula is C8H10N2O3. The van der Waals surface area contributed by atoms with Crippen molar-refractivity contribution in [2.24, 2.45) is 5.10 Å². The predicted octanol–water partition coefficient (Wildman–Crippen LogP) is 1.15. The third-order valence-electron chi connectivity index (χ3n) is 1.16. The highest BCUT2D eigenvalue weighted by molar-refractivity contribution is 5.80. The van der Waals surface area contributed by atoms with Crippen LogP contribution in [-0.2, 0) is 9.47 Å². The molecule has 70 valence electrons. The molecule has 1 rings (SSSR count). The van der Waals surface area contributed by atoms with E-state index in [0.717, 1.165) is 0 Å². The topological polar surface area (TPSA) is 59.9 Å². The first-order valence-corrected chi connectivity index (χ1v) is 3.83. The van der Waals surface area contributed by atoms with Gasteiger partial charge in [0.1, 0.15) is 0 Å². The zero-order valence-corrected chi connectivity index (χ0v) is 7.19. The maximum absolute atomic E-state index is 10.8. The number of nitrogens with zero attached hydrogens (tertiary/aromatic N) is 1. The normalized spacial score (nSPS) is 14.1. The molecule has 0 aromatic heterocycles. The van der Waals surface area contributed by atoms with Gasteiger partial charge in [0.2, 0.25) is 0 Å². The fourth-order valence-corrected chi connectivity index (χ4v) is 0.677. The number of hydrogen-bond donors (Lipinski definition) is 1. The van der Waals surface area contributed by atoms with Crippen molar-refractivity contribution in [3.8, 4) is 0 Å². The van der Waals surface area contributed by atoms with Gasteiger partial charge in [0, 0.05) is 6.20 Å². The minimum atomic E-state index is -0.726. The van der Waals surface area contributed by atoms with Crippen LogP contribution in [-0.4, -0.2) is 19.0 Å². The summed E-state index contributed by atoms with van der Waals surface area (Å²) in [4.78, 5) is 10.8. The smallest absolute Gasteiger partial charge is 0.434 e. The fraction of sp³-hybridized carbons (Fsp3) is 0.250. The Morgan fingerprint density at radius 3 is 3.31 bits per heavy atom. The second kappa shape index (κ2) is 4.97. The summed E-state index contributed by atoms with van der Waals surface area (Å²) < 4.78 is 9.35. The van der Waals surface area contributed by atoms with Crippen molar-refractivity contribution in [2.75, 3.05) is 6.61 Å². The summed E-state index contributed by atoms with van der Waals surface area (Å²) in [5.74, 6) is 0.333. The number of ether oxygens (including phenoxy) is 2. The third-order valence-corrected chi connectivity index (χ3v) is 1.16. The molecule has 0 atom stereocenters. The van der Waals surface area contributed by atoms with Crippen molar-refractivity contribution in [1.29, 1.82) is 0 Å². The van der Waals surface area contributed by atoms with Crippen molar-refractivity contribution >= 4 is 12.4 Å². The molecule has 13 heavy (non-hydrogen) atoms. The van der Waals surface area contributed by atoms with E-state index in [9.17, 15) is 4.79 Å². The van der Waals surface area contributed by atoms with E-state index in [4.69, 9.17) is 4.74 Å². The van der Waals surface area contributed by atoms with E-state index in [1.54, 1.807) is 25.3 Å². The predicted molar refractivity (Wildman–Crippen MR) is 47.0 cm³/mol. The Morgan fingerprint density at radius 2 is 2.54 bits per heavy atom. The van der Waals surface area contributed by atoms with Crippen LogP contribution in [0.1, 0.15) is 6.92 Å². The molecule has 0 aromatic rings. The van der Waals surface area contributed by atoms with Gasteiger partial charge in [-0.3, -0.25) is 5.43 Å². The molecule has 1 aliphatic heterocycles. The van der Waals surface area contributed by atoms with Crippen LogP contribution < -0.4 is 5.43 Å². The van der Waals surface area contributed by atoms with Crippen LogP contribution in [0, 0.1) is 0 Å². The van der Waals surface area contributed by atoms with Crippen LogP contribution >= 0.6 is 0 Å². The number of hydrazone groups is 1. The van der Waals surface area contributed by atoms with Crippen molar-refractivity contribution in [3.05, 3.63) is 24.1 Å². The summed E-state index contributed by atoms with van der Waals surface area (Å²) in [5, 5.41) is 3.70. The number of carbonyl (C=O) groups is 1. The highest BCUT2D eigenvalue weighted by Crippen LogP contribution is 1.99. The average molecular weight is 182 g/mol. The monoisotopic (exact) mass is 182 g/mol. The van der Waals surface area contributed by atoms with Gasteiger partial charge in [0.05, 0.1) is 12.8 Å². The molecular weight excluding hydrogens is 172 g/mol. The minimum Gasteiger partial charge on any atom is -0.434 e. The molecule has 0 spiro atoms. The SMILES string of the molecule is CCOC(=O)OC1=CC=CNN=C1. The first kappa shape index (κ1) is 9.31. The quantitative estimate of drug-likeness (QED) is 0.650. The Bertz CT molecular complexity index is 269. The van der Waals surface area contributed by atoms with Gasteiger partial charge in [-0.25, -0.2) is 4.79 Å². The summed E-state index contributed by atoms with van der Waals surface area (Å²) in [6.45, 7) is 2.00. The van der Waals surface area contributed by atoms with Gasteiger partial charge >= 0.3 is 6.16 Å². The molecule has 0 aliphatic carbocycles. The Morgan fingerprint density at radius 1 is 1.69 bits per heavy atom. The van der Waals surface area contributed by atoms with Gasteiger partial charge in [0.15, 0.2) is 5.76 Å². The van der Waals surface area contributed by atoms with Gasteiger partial charge in [-0.1, -0.05) is 0 Å². The second-order valence-electron chi connectivity index (χ2n) is 2.10. The lowest BCUT2D eigenvalue weighted by atomic mass is 10.4. The van der Waals surface area contributed by atoms with Crippen LogP contribution in [0.25, 0.3) is 0 Å². The molecule has 5 heteroatoms. The lowest BCUT2D eigenvalue weighted by molar-refractivity contribution is 0.0859. The van der Waals surface area contributed by atoms with Crippen LogP contribution in [0.15, 0.2) is 29.2 Å². The number of carbonyl (C=O) groups excluding carboxylic acids is 1. The van der Waals surface area contributed by atoms with E-state index in [2.05, 4.69) is 15.3 Å². The number of rotatable bonds is 2. The number of hydrogen-bond acceptors (Lipinski definition) is 5. The number of nitrogens with one attached hydrogen (secondary N) is 1. The molecule has 0 unspecified atom stereocenters. The van der Waals surface area contributed by atoms with Crippen LogP contribution in [0.3, 0.4) is 0 Å². The van der Waals surface area contributed by atoms with Crippen LogP contribution in [0.2, 0.25) is 0 Å². The van der Waals surface area contributed by atoms with E-state index in [1.807, 2.05) is 0 Å². The van der Waals surface area contributed by atoms with Gasteiger partial charge in [-0.05, 0) is 19.1 Å². The summed E-state index contributed by atoms with van der Waals surface area (Å²) in [6, 6.07) is 0. The van der Waals surface area contributed by atoms with Gasteiger partial charge in [0.25, 0.3) is 0 Å². The molecule has 0 saturated heterocycles. The molecule has 1 N–H and O–H groups in total. The highest BCUT2D eigenvalue weighted by atomic mass is 16.7. The summed E-state index contributed by atoms with van der Waals surface area (Å²) in [5.41, 5.74) is 2.59. The highest BCUT2D eigenvalue weighted by Gasteiger charge is 2.05. The fourth-order valence-electron chi connectivity index (χ4n) is 0.677. The van der Waals surface area contributed by atoms with Crippen LogP contribution in [0.4, 0.5) is 4.79 Å². The maximum Gasteiger partial charge on any atom is 0.513 e. The molecule has 0 radical (unpaired) electrons. The van der Waals surface area contributed by atoms with Gasteiger partial charge in [-0.15, -0.1) is 0 Å². The molecule has 0 amide bonds. The molecule has 0 aromatic carbocycles. The molecule has 1 aliphatic rings. The minimum absolute atomic E-state index is 0.289. The Balaban J connectivity index is 2.47. The zero-order chi connectivity index (χ0) is 9.52. The first-order chi connectivity index (χ1) is 6.33. The van der Waals surface area contributed by atoms with Gasteiger partial charge < -0.3 is 9.47 Å². The van der Waals surface area contributed by atoms with Gasteiger partial charge in [-0.2, -0.15) is 5.10 Å². The summed E-state index contributed by atoms with van der Waals surface area (Å²) in [7, 11) is 0. The lowest BCUT2D eigenvalue weighted by Crippen LogP contribution is -2.07. The van der Waals surface area contributed by atoms with E-state index in [0.29, 0.717) is 5.76 Å². The first-order valence-electron chi connectivity index (χ1n) is 3.83. The third kappa shape index (κ3) is 3.42. The molecule has 0 fully saturated rings. The zero-order valence-electron chi connectivity index (χ0n) is 7.19. The van der Waals surface area contributed by atoms with Crippen LogP contribution in [0.5, 0.6) is 0 Å². The summed E-state index contributed by atoms with van der Waals surface area (Å²) >= 11 is 0. The largest absolute Gasteiger partial charge is 0.513 e. The second-order valence-corrected chi connectivity index (χ2v) is 2.10.